The topological polar surface area (TPSA) is 52.9 Å². The van der Waals surface area contributed by atoms with Gasteiger partial charge in [-0.3, -0.25) is 0 Å². The van der Waals surface area contributed by atoms with E-state index < -0.39 is 0 Å². The molecule has 1 aromatic rings. The van der Waals surface area contributed by atoms with Gasteiger partial charge in [-0.2, -0.15) is 0 Å². The Kier molecular flexibility index (Phi) is 2.45. The number of hydrogen-bond acceptors (Lipinski definition) is 4. The smallest absolute Gasteiger partial charge is 0.181 e. The molecule has 1 aromatic carbocycles. The molecule has 0 radical (unpaired) electrons. The lowest BCUT2D eigenvalue weighted by atomic mass is 10.2. The molecule has 0 spiro atoms. The zero-order valence-corrected chi connectivity index (χ0v) is 7.81. The molecular weight excluding hydrogens is 182 g/mol. The average molecular weight is 195 g/mol. The first-order valence-corrected chi connectivity index (χ1v) is 4.62. The first kappa shape index (κ1) is 9.15. The van der Waals surface area contributed by atoms with Crippen LogP contribution in [0, 0.1) is 0 Å². The zero-order valence-electron chi connectivity index (χ0n) is 7.81. The Bertz CT molecular complexity index is 321. The van der Waals surface area contributed by atoms with Gasteiger partial charge in [-0.05, 0) is 12.1 Å². The quantitative estimate of drug-likeness (QED) is 0.655. The zero-order chi connectivity index (χ0) is 9.97. The van der Waals surface area contributed by atoms with Crippen LogP contribution in [0.1, 0.15) is 0 Å². The number of aromatic hydroxyl groups is 2. The summed E-state index contributed by atoms with van der Waals surface area (Å²) >= 11 is 0. The predicted octanol–water partition coefficient (Wildman–Crippen LogP) is 0.934. The molecule has 0 aliphatic carbocycles. The molecule has 0 unspecified atom stereocenters. The van der Waals surface area contributed by atoms with E-state index >= 15 is 0 Å². The van der Waals surface area contributed by atoms with Crippen LogP contribution in [0.4, 0.5) is 5.69 Å². The maximum Gasteiger partial charge on any atom is 0.181 e. The number of hydrogen-bond donors (Lipinski definition) is 2. The van der Waals surface area contributed by atoms with Crippen molar-refractivity contribution in [3.05, 3.63) is 18.2 Å². The second-order valence-electron chi connectivity index (χ2n) is 3.24. The molecule has 2 rings (SSSR count). The van der Waals surface area contributed by atoms with E-state index in [2.05, 4.69) is 0 Å². The molecule has 0 amide bonds. The number of morpholine rings is 1. The Morgan fingerprint density at radius 3 is 2.57 bits per heavy atom. The van der Waals surface area contributed by atoms with Gasteiger partial charge in [-0.1, -0.05) is 6.07 Å². The summed E-state index contributed by atoms with van der Waals surface area (Å²) in [6.45, 7) is 2.82. The van der Waals surface area contributed by atoms with Gasteiger partial charge in [-0.25, -0.2) is 0 Å². The number of phenolic OH excluding ortho intramolecular Hbond substituents is 2. The highest BCUT2D eigenvalue weighted by Gasteiger charge is 2.15. The van der Waals surface area contributed by atoms with Crippen molar-refractivity contribution < 1.29 is 14.9 Å². The molecule has 0 saturated carbocycles. The average Bonchev–Trinajstić information content (AvgIpc) is 2.23. The molecule has 1 aliphatic heterocycles. The number of anilines is 1. The summed E-state index contributed by atoms with van der Waals surface area (Å²) in [7, 11) is 0. The molecule has 0 bridgehead atoms. The number of ether oxygens (including phenoxy) is 1. The lowest BCUT2D eigenvalue weighted by Crippen LogP contribution is -2.36. The Hall–Kier alpha value is -1.42. The van der Waals surface area contributed by atoms with Crippen LogP contribution in [-0.4, -0.2) is 36.5 Å². The summed E-state index contributed by atoms with van der Waals surface area (Å²) in [6, 6.07) is 4.99. The van der Waals surface area contributed by atoms with Crippen LogP contribution < -0.4 is 4.90 Å². The van der Waals surface area contributed by atoms with Crippen molar-refractivity contribution in [3.8, 4) is 11.5 Å². The van der Waals surface area contributed by atoms with Gasteiger partial charge in [0.2, 0.25) is 0 Å². The molecule has 2 N–H and O–H groups in total. The second kappa shape index (κ2) is 3.75. The Balaban J connectivity index is 2.26. The minimum Gasteiger partial charge on any atom is -0.504 e. The molecule has 1 heterocycles. The summed E-state index contributed by atoms with van der Waals surface area (Å²) in [6.07, 6.45) is 0. The van der Waals surface area contributed by atoms with Crippen molar-refractivity contribution in [2.24, 2.45) is 0 Å². The van der Waals surface area contributed by atoms with Crippen molar-refractivity contribution in [1.82, 2.24) is 0 Å². The first-order valence-electron chi connectivity index (χ1n) is 4.62. The van der Waals surface area contributed by atoms with Crippen molar-refractivity contribution in [2.75, 3.05) is 31.2 Å². The van der Waals surface area contributed by atoms with E-state index in [4.69, 9.17) is 4.74 Å². The standard InChI is InChI=1S/C10H13NO3/c12-9-3-1-2-8(10(9)13)11-4-6-14-7-5-11/h1-3,12-13H,4-7H2. The molecule has 4 nitrogen and oxygen atoms in total. The highest BCUT2D eigenvalue weighted by Crippen LogP contribution is 2.35. The van der Waals surface area contributed by atoms with Crippen molar-refractivity contribution in [1.29, 1.82) is 0 Å². The number of nitrogens with zero attached hydrogens (tertiary/aromatic N) is 1. The molecule has 0 aromatic heterocycles. The number of benzene rings is 1. The van der Waals surface area contributed by atoms with Crippen LogP contribution in [0.2, 0.25) is 0 Å². The Morgan fingerprint density at radius 1 is 1.14 bits per heavy atom. The monoisotopic (exact) mass is 195 g/mol. The van der Waals surface area contributed by atoms with Gasteiger partial charge in [0.05, 0.1) is 18.9 Å². The Morgan fingerprint density at radius 2 is 1.86 bits per heavy atom. The fraction of sp³-hybridized carbons (Fsp3) is 0.400. The van der Waals surface area contributed by atoms with Crippen LogP contribution in [0.5, 0.6) is 11.5 Å². The second-order valence-corrected chi connectivity index (χ2v) is 3.24. The largest absolute Gasteiger partial charge is 0.504 e. The van der Waals surface area contributed by atoms with Crippen LogP contribution in [0.25, 0.3) is 0 Å². The highest BCUT2D eigenvalue weighted by molar-refractivity contribution is 5.63. The van der Waals surface area contributed by atoms with E-state index in [-0.39, 0.29) is 11.5 Å². The van der Waals surface area contributed by atoms with Crippen LogP contribution >= 0.6 is 0 Å². The minimum atomic E-state index is -0.0750. The lowest BCUT2D eigenvalue weighted by Gasteiger charge is -2.29. The fourth-order valence-corrected chi connectivity index (χ4v) is 1.58. The fourth-order valence-electron chi connectivity index (χ4n) is 1.58. The molecule has 0 atom stereocenters. The third kappa shape index (κ3) is 1.61. The van der Waals surface area contributed by atoms with Crippen molar-refractivity contribution in [2.45, 2.75) is 0 Å². The number of para-hydroxylation sites is 1. The van der Waals surface area contributed by atoms with E-state index in [0.29, 0.717) is 18.9 Å². The maximum absolute atomic E-state index is 9.62. The van der Waals surface area contributed by atoms with Gasteiger partial charge in [0.1, 0.15) is 0 Å². The van der Waals surface area contributed by atoms with Crippen LogP contribution in [0.15, 0.2) is 18.2 Å². The number of phenols is 2. The van der Waals surface area contributed by atoms with Crippen LogP contribution in [0.3, 0.4) is 0 Å². The van der Waals surface area contributed by atoms with Gasteiger partial charge in [-0.15, -0.1) is 0 Å². The SMILES string of the molecule is Oc1cccc(N2CCOCC2)c1O. The van der Waals surface area contributed by atoms with Gasteiger partial charge in [0.15, 0.2) is 11.5 Å². The van der Waals surface area contributed by atoms with E-state index in [0.717, 1.165) is 13.1 Å². The lowest BCUT2D eigenvalue weighted by molar-refractivity contribution is 0.122. The third-order valence-corrected chi connectivity index (χ3v) is 2.35. The van der Waals surface area contributed by atoms with Crippen molar-refractivity contribution >= 4 is 5.69 Å². The van der Waals surface area contributed by atoms with E-state index in [1.807, 2.05) is 4.90 Å². The summed E-state index contributed by atoms with van der Waals surface area (Å²) < 4.78 is 5.21. The summed E-state index contributed by atoms with van der Waals surface area (Å²) in [5.74, 6) is -0.122. The summed E-state index contributed by atoms with van der Waals surface area (Å²) in [5.41, 5.74) is 0.674. The van der Waals surface area contributed by atoms with E-state index in [1.165, 1.54) is 6.07 Å². The van der Waals surface area contributed by atoms with E-state index in [9.17, 15) is 10.2 Å². The molecule has 1 saturated heterocycles. The maximum atomic E-state index is 9.62. The van der Waals surface area contributed by atoms with E-state index in [1.54, 1.807) is 12.1 Å². The summed E-state index contributed by atoms with van der Waals surface area (Å²) in [4.78, 5) is 2.00. The van der Waals surface area contributed by atoms with Gasteiger partial charge in [0, 0.05) is 13.1 Å². The first-order chi connectivity index (χ1) is 6.79. The molecule has 14 heavy (non-hydrogen) atoms. The minimum absolute atomic E-state index is 0.0469. The van der Waals surface area contributed by atoms with Crippen LogP contribution in [-0.2, 0) is 4.74 Å². The highest BCUT2D eigenvalue weighted by atomic mass is 16.5. The van der Waals surface area contributed by atoms with Gasteiger partial charge in [0.25, 0.3) is 0 Å². The molecule has 4 heteroatoms. The summed E-state index contributed by atoms with van der Waals surface area (Å²) in [5, 5.41) is 18.9. The van der Waals surface area contributed by atoms with Crippen molar-refractivity contribution in [3.63, 3.8) is 0 Å². The Labute approximate surface area is 82.3 Å². The molecule has 1 aliphatic rings. The third-order valence-electron chi connectivity index (χ3n) is 2.35. The predicted molar refractivity (Wildman–Crippen MR) is 52.8 cm³/mol. The normalized spacial score (nSPS) is 17.0. The number of rotatable bonds is 1. The van der Waals surface area contributed by atoms with Gasteiger partial charge >= 0.3 is 0 Å². The molecular formula is C10H13NO3. The van der Waals surface area contributed by atoms with Gasteiger partial charge < -0.3 is 19.8 Å². The molecule has 76 valence electrons. The molecule has 1 fully saturated rings.